The number of imidazole rings is 1. The molecule has 2 aliphatic rings. The van der Waals surface area contributed by atoms with Crippen LogP contribution in [-0.2, 0) is 12.1 Å². The van der Waals surface area contributed by atoms with E-state index in [9.17, 15) is 4.79 Å². The number of amidine groups is 1. The van der Waals surface area contributed by atoms with E-state index in [2.05, 4.69) is 36.2 Å². The van der Waals surface area contributed by atoms with Gasteiger partial charge in [0.1, 0.15) is 12.0 Å². The third-order valence-corrected chi connectivity index (χ3v) is 6.16. The average molecular weight is 458 g/mol. The van der Waals surface area contributed by atoms with Gasteiger partial charge < -0.3 is 25.8 Å². The van der Waals surface area contributed by atoms with E-state index in [1.165, 1.54) is 6.34 Å². The molecule has 5 rings (SSSR count). The number of H-pyrrole nitrogens is 1. The Labute approximate surface area is 197 Å². The van der Waals surface area contributed by atoms with E-state index in [0.717, 1.165) is 22.5 Å². The number of nitrogens with zero attached hydrogens (tertiary/aromatic N) is 6. The van der Waals surface area contributed by atoms with Crippen molar-refractivity contribution in [1.29, 1.82) is 0 Å². The molecule has 4 N–H and O–H groups in total. The molecule has 0 spiro atoms. The van der Waals surface area contributed by atoms with Crippen molar-refractivity contribution in [3.8, 4) is 0 Å². The van der Waals surface area contributed by atoms with Crippen molar-refractivity contribution >= 4 is 41.1 Å². The second-order valence-electron chi connectivity index (χ2n) is 8.80. The molecule has 0 saturated carbocycles. The first-order valence-corrected chi connectivity index (χ1v) is 10.9. The number of aliphatic imine (C=N–C) groups is 2. The van der Waals surface area contributed by atoms with Crippen LogP contribution in [0.15, 0.2) is 58.8 Å². The smallest absolute Gasteiger partial charge is 0.324 e. The van der Waals surface area contributed by atoms with Crippen LogP contribution in [0.4, 0.5) is 27.7 Å². The summed E-state index contributed by atoms with van der Waals surface area (Å²) in [5, 5.41) is 3.20. The van der Waals surface area contributed by atoms with Crippen LogP contribution in [0.1, 0.15) is 16.8 Å². The Morgan fingerprint density at radius 2 is 1.76 bits per heavy atom. The molecule has 1 aromatic heterocycles. The molecule has 1 fully saturated rings. The molecule has 1 atom stereocenters. The third kappa shape index (κ3) is 3.26. The molecule has 0 bridgehead atoms. The molecule has 1 saturated heterocycles. The van der Waals surface area contributed by atoms with Crippen molar-refractivity contribution in [2.75, 3.05) is 43.7 Å². The Bertz CT molecular complexity index is 1310. The van der Waals surface area contributed by atoms with Crippen LogP contribution in [0.25, 0.3) is 0 Å². The predicted octanol–water partition coefficient (Wildman–Crippen LogP) is 2.66. The molecule has 0 radical (unpaired) electrons. The molecule has 34 heavy (non-hydrogen) atoms. The van der Waals surface area contributed by atoms with Crippen molar-refractivity contribution in [2.45, 2.75) is 12.1 Å². The molecule has 174 valence electrons. The lowest BCUT2D eigenvalue weighted by Gasteiger charge is -2.31. The van der Waals surface area contributed by atoms with Gasteiger partial charge in [-0.15, -0.1) is 0 Å². The number of aromatic nitrogens is 2. The van der Waals surface area contributed by atoms with Crippen LogP contribution < -0.4 is 20.9 Å². The summed E-state index contributed by atoms with van der Waals surface area (Å²) in [6, 6.07) is 13.3. The summed E-state index contributed by atoms with van der Waals surface area (Å²) in [5.41, 5.74) is 9.83. The molecule has 2 aromatic carbocycles. The lowest BCUT2D eigenvalue weighted by Crippen LogP contribution is -2.45. The molecular weight excluding hydrogens is 430 g/mol. The van der Waals surface area contributed by atoms with E-state index in [1.54, 1.807) is 11.2 Å². The lowest BCUT2D eigenvalue weighted by atomic mass is 9.85. The zero-order valence-electron chi connectivity index (χ0n) is 19.6. The summed E-state index contributed by atoms with van der Waals surface area (Å²) < 4.78 is 0. The highest BCUT2D eigenvalue weighted by Gasteiger charge is 2.55. The highest BCUT2D eigenvalue weighted by atomic mass is 16.2. The van der Waals surface area contributed by atoms with Crippen molar-refractivity contribution in [3.05, 3.63) is 65.6 Å². The minimum Gasteiger partial charge on any atom is -0.399 e. The van der Waals surface area contributed by atoms with Crippen LogP contribution >= 0.6 is 0 Å². The monoisotopic (exact) mass is 457 g/mol. The highest BCUT2D eigenvalue weighted by molar-refractivity contribution is 6.15. The summed E-state index contributed by atoms with van der Waals surface area (Å²) >= 11 is 0. The van der Waals surface area contributed by atoms with Gasteiger partial charge in [-0.05, 0) is 35.4 Å². The number of nitrogens with one attached hydrogen (secondary N) is 2. The van der Waals surface area contributed by atoms with E-state index < -0.39 is 5.54 Å². The third-order valence-electron chi connectivity index (χ3n) is 6.16. The van der Waals surface area contributed by atoms with E-state index in [4.69, 9.17) is 5.73 Å². The van der Waals surface area contributed by atoms with Gasteiger partial charge >= 0.3 is 6.03 Å². The number of rotatable bonds is 5. The highest BCUT2D eigenvalue weighted by Crippen LogP contribution is 2.43. The number of aromatic amines is 1. The van der Waals surface area contributed by atoms with Crippen LogP contribution in [0.5, 0.6) is 0 Å². The van der Waals surface area contributed by atoms with Gasteiger partial charge in [0.2, 0.25) is 0 Å². The van der Waals surface area contributed by atoms with Gasteiger partial charge in [-0.25, -0.2) is 19.8 Å². The Morgan fingerprint density at radius 3 is 2.47 bits per heavy atom. The maximum absolute atomic E-state index is 13.4. The van der Waals surface area contributed by atoms with Crippen LogP contribution in [0.3, 0.4) is 0 Å². The number of fused-ring (bicyclic) bond motifs is 3. The Kier molecular flexibility index (Phi) is 5.00. The number of hydrogen-bond acceptors (Lipinski definition) is 7. The number of nitrogen functional groups attached to an aromatic ring is 1. The van der Waals surface area contributed by atoms with Crippen LogP contribution in [0.2, 0.25) is 0 Å². The molecule has 10 heteroatoms. The number of nitrogens with two attached hydrogens (primary N) is 1. The fraction of sp³-hybridized carbons (Fsp3) is 0.250. The second-order valence-corrected chi connectivity index (χ2v) is 8.80. The quantitative estimate of drug-likeness (QED) is 0.509. The second kappa shape index (κ2) is 7.91. The Balaban J connectivity index is 1.69. The number of amides is 2. The van der Waals surface area contributed by atoms with Crippen LogP contribution in [0, 0.1) is 0 Å². The normalized spacial score (nSPS) is 18.6. The summed E-state index contributed by atoms with van der Waals surface area (Å²) in [6.07, 6.45) is 3.05. The van der Waals surface area contributed by atoms with Crippen molar-refractivity contribution in [3.63, 3.8) is 0 Å². The van der Waals surface area contributed by atoms with E-state index >= 15 is 0 Å². The molecule has 2 aliphatic heterocycles. The molecule has 3 aromatic rings. The zero-order chi connectivity index (χ0) is 24.0. The fourth-order valence-corrected chi connectivity index (χ4v) is 4.50. The number of anilines is 3. The lowest BCUT2D eigenvalue weighted by molar-refractivity contribution is 0.225. The van der Waals surface area contributed by atoms with Gasteiger partial charge in [0.15, 0.2) is 17.2 Å². The number of benzene rings is 2. The first-order valence-electron chi connectivity index (χ1n) is 10.9. The molecular formula is C24H27N9O. The molecule has 10 nitrogen and oxygen atoms in total. The Morgan fingerprint density at radius 1 is 1.03 bits per heavy atom. The maximum atomic E-state index is 13.4. The van der Waals surface area contributed by atoms with Gasteiger partial charge in [0.25, 0.3) is 0 Å². The summed E-state index contributed by atoms with van der Waals surface area (Å²) in [7, 11) is 8.00. The first kappa shape index (κ1) is 21.5. The number of urea groups is 1. The van der Waals surface area contributed by atoms with Gasteiger partial charge in [-0.2, -0.15) is 0 Å². The standard InChI is InChI=1S/C24H27N9O/c1-31(2)18-10-7-16(11-19(18)32(3)4)24-20-21(27-13-26-20)28-14-29-22(24)33(23(34)30-24)12-15-5-8-17(25)9-6-15/h5-11,13-14H,12,25H2,1-4H3,(H,26,27)(H,30,34). The zero-order valence-corrected chi connectivity index (χ0v) is 19.6. The summed E-state index contributed by atoms with van der Waals surface area (Å²) in [5.74, 6) is 1.07. The number of hydrogen-bond donors (Lipinski definition) is 3. The van der Waals surface area contributed by atoms with Gasteiger partial charge in [-0.3, -0.25) is 4.90 Å². The number of carbonyl (C=O) groups is 1. The van der Waals surface area contributed by atoms with Gasteiger partial charge in [0, 0.05) is 33.9 Å². The van der Waals surface area contributed by atoms with Gasteiger partial charge in [-0.1, -0.05) is 18.2 Å². The fourth-order valence-electron chi connectivity index (χ4n) is 4.50. The van der Waals surface area contributed by atoms with E-state index in [1.807, 2.05) is 69.5 Å². The SMILES string of the molecule is CN(C)c1ccc(C23NC(=O)N(Cc4ccc(N)cc4)C2=NC=Nc2[nH]cnc23)cc1N(C)C. The van der Waals surface area contributed by atoms with Gasteiger partial charge in [0.05, 0.1) is 24.2 Å². The topological polar surface area (TPSA) is 118 Å². The Hall–Kier alpha value is -4.34. The van der Waals surface area contributed by atoms with Crippen molar-refractivity contribution < 1.29 is 4.79 Å². The molecule has 2 amide bonds. The van der Waals surface area contributed by atoms with Crippen molar-refractivity contribution in [1.82, 2.24) is 20.2 Å². The van der Waals surface area contributed by atoms with Crippen LogP contribution in [-0.4, -0.2) is 61.3 Å². The minimum atomic E-state index is -1.10. The van der Waals surface area contributed by atoms with E-state index in [0.29, 0.717) is 29.6 Å². The number of carbonyl (C=O) groups excluding carboxylic acids is 1. The van der Waals surface area contributed by atoms with E-state index in [-0.39, 0.29) is 6.03 Å². The summed E-state index contributed by atoms with van der Waals surface area (Å²) in [4.78, 5) is 35.9. The largest absolute Gasteiger partial charge is 0.399 e. The molecule has 1 unspecified atom stereocenters. The minimum absolute atomic E-state index is 0.261. The molecule has 3 heterocycles. The first-order chi connectivity index (χ1) is 16.3. The van der Waals surface area contributed by atoms with Crippen molar-refractivity contribution in [2.24, 2.45) is 9.98 Å². The summed E-state index contributed by atoms with van der Waals surface area (Å²) in [6.45, 7) is 0.330. The average Bonchev–Trinajstić information content (AvgIpc) is 3.34. The maximum Gasteiger partial charge on any atom is 0.324 e. The predicted molar refractivity (Wildman–Crippen MR) is 135 cm³/mol. The molecule has 0 aliphatic carbocycles.